The van der Waals surface area contributed by atoms with E-state index in [1.165, 1.54) is 0 Å². The van der Waals surface area contributed by atoms with Gasteiger partial charge in [-0.1, -0.05) is 0 Å². The number of hydrogen-bond acceptors (Lipinski definition) is 5. The first-order chi connectivity index (χ1) is 12.0. The van der Waals surface area contributed by atoms with Crippen molar-refractivity contribution in [2.45, 2.75) is 51.2 Å². The van der Waals surface area contributed by atoms with Gasteiger partial charge in [-0.15, -0.1) is 0 Å². The number of aromatic nitrogens is 3. The van der Waals surface area contributed by atoms with Crippen LogP contribution in [0.2, 0.25) is 0 Å². The maximum absolute atomic E-state index is 12.2. The third kappa shape index (κ3) is 4.42. The molecule has 1 aromatic heterocycles. The van der Waals surface area contributed by atoms with Gasteiger partial charge in [-0.2, -0.15) is 5.10 Å². The summed E-state index contributed by atoms with van der Waals surface area (Å²) in [5.41, 5.74) is -0.0200. The van der Waals surface area contributed by atoms with Gasteiger partial charge in [-0.25, -0.2) is 17.9 Å². The van der Waals surface area contributed by atoms with E-state index in [4.69, 9.17) is 0 Å². The van der Waals surface area contributed by atoms with Crippen LogP contribution in [0.25, 0.3) is 0 Å². The van der Waals surface area contributed by atoms with Crippen molar-refractivity contribution in [1.29, 1.82) is 0 Å². The molecule has 1 atom stereocenters. The average Bonchev–Trinajstić information content (AvgIpc) is 3.10. The van der Waals surface area contributed by atoms with Crippen molar-refractivity contribution < 1.29 is 8.42 Å². The molecule has 0 amide bonds. The lowest BCUT2D eigenvalue weighted by Gasteiger charge is -2.15. The summed E-state index contributed by atoms with van der Waals surface area (Å²) in [6.07, 6.45) is 4.36. The van der Waals surface area contributed by atoms with E-state index in [1.54, 1.807) is 16.3 Å². The zero-order valence-electron chi connectivity index (χ0n) is 14.6. The maximum Gasteiger partial charge on any atom is 0.345 e. The molecule has 1 aromatic rings. The molecule has 3 heterocycles. The number of aliphatic imine (C=N–C) groups is 1. The standard InChI is InChI=1S/C15H26N6O3S/c1-16-14(18-12-6-10-25(23,24)11-12)17-7-4-9-21-15(22)20-8-3-2-5-13(20)19-21/h12H,2-11H2,1H3,(H2,16,17,18). The van der Waals surface area contributed by atoms with E-state index >= 15 is 0 Å². The van der Waals surface area contributed by atoms with E-state index in [1.807, 2.05) is 0 Å². The van der Waals surface area contributed by atoms with Gasteiger partial charge in [0.05, 0.1) is 11.5 Å². The third-order valence-corrected chi connectivity index (χ3v) is 6.44. The summed E-state index contributed by atoms with van der Waals surface area (Å²) in [6.45, 7) is 1.96. The summed E-state index contributed by atoms with van der Waals surface area (Å²) in [5, 5.41) is 10.7. The summed E-state index contributed by atoms with van der Waals surface area (Å²) in [4.78, 5) is 16.4. The van der Waals surface area contributed by atoms with Crippen molar-refractivity contribution in [3.05, 3.63) is 16.3 Å². The van der Waals surface area contributed by atoms with Crippen LogP contribution < -0.4 is 16.3 Å². The van der Waals surface area contributed by atoms with Crippen molar-refractivity contribution in [3.63, 3.8) is 0 Å². The van der Waals surface area contributed by atoms with Gasteiger partial charge in [0.25, 0.3) is 0 Å². The molecule has 0 bridgehead atoms. The molecule has 1 saturated heterocycles. The van der Waals surface area contributed by atoms with Crippen LogP contribution in [-0.2, 0) is 29.3 Å². The average molecular weight is 370 g/mol. The van der Waals surface area contributed by atoms with Gasteiger partial charge < -0.3 is 10.6 Å². The summed E-state index contributed by atoms with van der Waals surface area (Å²) < 4.78 is 26.3. The minimum absolute atomic E-state index is 0.0200. The number of hydrogen-bond donors (Lipinski definition) is 2. The Balaban J connectivity index is 1.45. The lowest BCUT2D eigenvalue weighted by Crippen LogP contribution is -2.44. The number of sulfone groups is 1. The Kier molecular flexibility index (Phi) is 5.45. The van der Waals surface area contributed by atoms with Gasteiger partial charge in [0.1, 0.15) is 5.82 Å². The second kappa shape index (κ2) is 7.59. The minimum atomic E-state index is -2.91. The largest absolute Gasteiger partial charge is 0.356 e. The van der Waals surface area contributed by atoms with E-state index in [0.717, 1.165) is 38.1 Å². The third-order valence-electron chi connectivity index (χ3n) is 4.67. The second-order valence-electron chi connectivity index (χ2n) is 6.63. The molecule has 10 heteroatoms. The van der Waals surface area contributed by atoms with Gasteiger partial charge in [0.2, 0.25) is 0 Å². The first-order valence-corrected chi connectivity index (χ1v) is 10.6. The van der Waals surface area contributed by atoms with Gasteiger partial charge >= 0.3 is 5.69 Å². The fourth-order valence-electron chi connectivity index (χ4n) is 3.33. The number of rotatable bonds is 5. The number of nitrogens with one attached hydrogen (secondary N) is 2. The molecule has 0 aromatic carbocycles. The fraction of sp³-hybridized carbons (Fsp3) is 0.800. The molecule has 9 nitrogen and oxygen atoms in total. The molecule has 0 spiro atoms. The lowest BCUT2D eigenvalue weighted by atomic mass is 10.2. The zero-order chi connectivity index (χ0) is 17.9. The Bertz CT molecular complexity index is 795. The molecule has 0 saturated carbocycles. The number of guanidine groups is 1. The Hall–Kier alpha value is -1.84. The van der Waals surface area contributed by atoms with Crippen LogP contribution >= 0.6 is 0 Å². The lowest BCUT2D eigenvalue weighted by molar-refractivity contribution is 0.509. The van der Waals surface area contributed by atoms with Crippen molar-refractivity contribution >= 4 is 15.8 Å². The predicted molar refractivity (Wildman–Crippen MR) is 95.6 cm³/mol. The summed E-state index contributed by atoms with van der Waals surface area (Å²) >= 11 is 0. The molecule has 0 radical (unpaired) electrons. The van der Waals surface area contributed by atoms with E-state index in [0.29, 0.717) is 25.5 Å². The molecular formula is C15H26N6O3S. The molecule has 140 valence electrons. The quantitative estimate of drug-likeness (QED) is 0.396. The molecular weight excluding hydrogens is 344 g/mol. The highest BCUT2D eigenvalue weighted by molar-refractivity contribution is 7.91. The fourth-order valence-corrected chi connectivity index (χ4v) is 5.00. The minimum Gasteiger partial charge on any atom is -0.356 e. The first-order valence-electron chi connectivity index (χ1n) is 8.82. The van der Waals surface area contributed by atoms with Crippen molar-refractivity contribution in [2.24, 2.45) is 4.99 Å². The molecule has 25 heavy (non-hydrogen) atoms. The smallest absolute Gasteiger partial charge is 0.345 e. The summed E-state index contributed by atoms with van der Waals surface area (Å²) in [7, 11) is -1.25. The van der Waals surface area contributed by atoms with Crippen LogP contribution in [0.3, 0.4) is 0 Å². The van der Waals surface area contributed by atoms with Gasteiger partial charge in [-0.05, 0) is 25.7 Å². The first kappa shape index (κ1) is 18.0. The van der Waals surface area contributed by atoms with Crippen LogP contribution in [0.1, 0.15) is 31.5 Å². The van der Waals surface area contributed by atoms with Crippen molar-refractivity contribution in [2.75, 3.05) is 25.1 Å². The Morgan fingerprint density at radius 1 is 1.40 bits per heavy atom. The highest BCUT2D eigenvalue weighted by Crippen LogP contribution is 2.11. The number of fused-ring (bicyclic) bond motifs is 1. The molecule has 1 unspecified atom stereocenters. The number of nitrogens with zero attached hydrogens (tertiary/aromatic N) is 4. The van der Waals surface area contributed by atoms with E-state index in [2.05, 4.69) is 20.7 Å². The van der Waals surface area contributed by atoms with Crippen LogP contribution in [0, 0.1) is 0 Å². The van der Waals surface area contributed by atoms with Crippen LogP contribution in [0.5, 0.6) is 0 Å². The second-order valence-corrected chi connectivity index (χ2v) is 8.86. The van der Waals surface area contributed by atoms with Crippen LogP contribution in [0.4, 0.5) is 0 Å². The van der Waals surface area contributed by atoms with Crippen molar-refractivity contribution in [1.82, 2.24) is 25.0 Å². The molecule has 3 rings (SSSR count). The summed E-state index contributed by atoms with van der Waals surface area (Å²) in [5.74, 6) is 1.88. The molecule has 2 aliphatic rings. The molecule has 1 fully saturated rings. The predicted octanol–water partition coefficient (Wildman–Crippen LogP) is -0.877. The Morgan fingerprint density at radius 2 is 2.24 bits per heavy atom. The molecule has 2 N–H and O–H groups in total. The molecule has 2 aliphatic heterocycles. The highest BCUT2D eigenvalue weighted by Gasteiger charge is 2.28. The maximum atomic E-state index is 12.2. The number of aryl methyl sites for hydroxylation is 2. The van der Waals surface area contributed by atoms with Crippen LogP contribution in [-0.4, -0.2) is 59.9 Å². The van der Waals surface area contributed by atoms with E-state index in [9.17, 15) is 13.2 Å². The molecule has 0 aliphatic carbocycles. The van der Waals surface area contributed by atoms with Crippen molar-refractivity contribution in [3.8, 4) is 0 Å². The van der Waals surface area contributed by atoms with Gasteiger partial charge in [0, 0.05) is 39.1 Å². The van der Waals surface area contributed by atoms with Crippen LogP contribution in [0.15, 0.2) is 9.79 Å². The Labute approximate surface area is 147 Å². The normalized spacial score (nSPS) is 22.6. The van der Waals surface area contributed by atoms with E-state index in [-0.39, 0.29) is 23.2 Å². The van der Waals surface area contributed by atoms with Gasteiger partial charge in [-0.3, -0.25) is 9.56 Å². The Morgan fingerprint density at radius 3 is 2.92 bits per heavy atom. The SMILES string of the molecule is CN=C(NCCCn1nc2n(c1=O)CCCC2)NC1CCS(=O)(=O)C1. The topological polar surface area (TPSA) is 110 Å². The van der Waals surface area contributed by atoms with Gasteiger partial charge in [0.15, 0.2) is 15.8 Å². The summed E-state index contributed by atoms with van der Waals surface area (Å²) in [6, 6.07) is -0.0846. The highest BCUT2D eigenvalue weighted by atomic mass is 32.2. The zero-order valence-corrected chi connectivity index (χ0v) is 15.4. The monoisotopic (exact) mass is 370 g/mol. The van der Waals surface area contributed by atoms with E-state index < -0.39 is 9.84 Å².